The first-order valence-electron chi connectivity index (χ1n) is 4.30. The van der Waals surface area contributed by atoms with Gasteiger partial charge in [-0.15, -0.1) is 0 Å². The van der Waals surface area contributed by atoms with Gasteiger partial charge in [-0.25, -0.2) is 4.98 Å². The van der Waals surface area contributed by atoms with E-state index in [1.807, 2.05) is 0 Å². The number of hydrogen-bond donors (Lipinski definition) is 1. The Morgan fingerprint density at radius 3 is 2.80 bits per heavy atom. The number of rotatable bonds is 1. The molecule has 15 heavy (non-hydrogen) atoms. The maximum absolute atomic E-state index is 10.9. The highest BCUT2D eigenvalue weighted by Gasteiger charge is 2.22. The van der Waals surface area contributed by atoms with E-state index in [2.05, 4.69) is 9.97 Å². The van der Waals surface area contributed by atoms with Crippen molar-refractivity contribution >= 4 is 28.3 Å². The topological polar surface area (TPSA) is 71.8 Å². The molecule has 2 aromatic rings. The van der Waals surface area contributed by atoms with Crippen LogP contribution in [0.5, 0.6) is 0 Å². The Morgan fingerprint density at radius 2 is 2.20 bits per heavy atom. The van der Waals surface area contributed by atoms with E-state index in [4.69, 9.17) is 11.6 Å². The minimum absolute atomic E-state index is 0.129. The Hall–Kier alpha value is -1.62. The number of benzene rings is 1. The summed E-state index contributed by atoms with van der Waals surface area (Å²) in [6.45, 7) is 3.47. The molecule has 0 aliphatic heterocycles. The molecule has 1 aromatic heterocycles. The van der Waals surface area contributed by atoms with Crippen LogP contribution in [-0.2, 0) is 0 Å². The van der Waals surface area contributed by atoms with Crippen molar-refractivity contribution in [3.63, 3.8) is 0 Å². The van der Waals surface area contributed by atoms with Crippen LogP contribution >= 0.6 is 11.6 Å². The van der Waals surface area contributed by atoms with Crippen LogP contribution in [0.1, 0.15) is 11.4 Å². The van der Waals surface area contributed by atoms with E-state index >= 15 is 0 Å². The number of nitro groups is 1. The summed E-state index contributed by atoms with van der Waals surface area (Å²) in [5, 5.41) is 11.0. The Morgan fingerprint density at radius 1 is 1.53 bits per heavy atom. The van der Waals surface area contributed by atoms with Crippen LogP contribution in [0.25, 0.3) is 11.0 Å². The fourth-order valence-electron chi connectivity index (χ4n) is 1.53. The zero-order valence-electron chi connectivity index (χ0n) is 8.17. The average molecular weight is 226 g/mol. The lowest BCUT2D eigenvalue weighted by Crippen LogP contribution is -1.92. The Kier molecular flexibility index (Phi) is 2.12. The van der Waals surface area contributed by atoms with Crippen molar-refractivity contribution in [3.8, 4) is 0 Å². The van der Waals surface area contributed by atoms with Crippen LogP contribution in [0.15, 0.2) is 6.07 Å². The number of hydrogen-bond acceptors (Lipinski definition) is 3. The molecule has 1 heterocycles. The summed E-state index contributed by atoms with van der Waals surface area (Å²) in [5.74, 6) is 0.634. The molecule has 0 saturated heterocycles. The van der Waals surface area contributed by atoms with Crippen molar-refractivity contribution in [1.29, 1.82) is 0 Å². The van der Waals surface area contributed by atoms with Crippen LogP contribution < -0.4 is 0 Å². The molecule has 0 saturated carbocycles. The third kappa shape index (κ3) is 1.45. The van der Waals surface area contributed by atoms with Gasteiger partial charge in [0.1, 0.15) is 10.8 Å². The number of nitrogens with one attached hydrogen (secondary N) is 1. The molecular weight excluding hydrogens is 218 g/mol. The van der Waals surface area contributed by atoms with Gasteiger partial charge < -0.3 is 4.98 Å². The fourth-order valence-corrected chi connectivity index (χ4v) is 1.75. The number of aromatic amines is 1. The molecule has 0 radical (unpaired) electrons. The van der Waals surface area contributed by atoms with Gasteiger partial charge in [-0.05, 0) is 25.5 Å². The van der Waals surface area contributed by atoms with Crippen LogP contribution in [0, 0.1) is 24.0 Å². The molecule has 0 spiro atoms. The summed E-state index contributed by atoms with van der Waals surface area (Å²) in [6.07, 6.45) is 0. The summed E-state index contributed by atoms with van der Waals surface area (Å²) >= 11 is 5.88. The normalized spacial score (nSPS) is 10.9. The second-order valence-electron chi connectivity index (χ2n) is 3.33. The zero-order valence-corrected chi connectivity index (χ0v) is 8.92. The maximum atomic E-state index is 10.9. The molecule has 1 aromatic carbocycles. The van der Waals surface area contributed by atoms with E-state index in [-0.39, 0.29) is 10.7 Å². The minimum Gasteiger partial charge on any atom is -0.342 e. The molecule has 0 aliphatic rings. The second-order valence-corrected chi connectivity index (χ2v) is 3.71. The van der Waals surface area contributed by atoms with E-state index in [0.29, 0.717) is 22.4 Å². The molecule has 2 rings (SSSR count). The third-order valence-corrected chi connectivity index (χ3v) is 2.65. The highest BCUT2D eigenvalue weighted by Crippen LogP contribution is 2.34. The first kappa shape index (κ1) is 9.92. The molecular formula is C9H8ClN3O2. The lowest BCUT2D eigenvalue weighted by Gasteiger charge is -1.99. The van der Waals surface area contributed by atoms with E-state index in [9.17, 15) is 10.1 Å². The van der Waals surface area contributed by atoms with Gasteiger partial charge in [-0.2, -0.15) is 0 Å². The van der Waals surface area contributed by atoms with E-state index in [0.717, 1.165) is 0 Å². The molecule has 1 N–H and O–H groups in total. The molecule has 6 heteroatoms. The molecule has 0 bridgehead atoms. The number of H-pyrrole nitrogens is 1. The molecule has 0 atom stereocenters. The predicted octanol–water partition coefficient (Wildman–Crippen LogP) is 2.74. The number of aromatic nitrogens is 2. The van der Waals surface area contributed by atoms with E-state index < -0.39 is 4.92 Å². The van der Waals surface area contributed by atoms with Crippen molar-refractivity contribution in [1.82, 2.24) is 9.97 Å². The number of nitro benzene ring substituents is 1. The number of halogens is 1. The van der Waals surface area contributed by atoms with Gasteiger partial charge in [0.25, 0.3) is 0 Å². The van der Waals surface area contributed by atoms with Gasteiger partial charge in [0, 0.05) is 0 Å². The van der Waals surface area contributed by atoms with E-state index in [1.54, 1.807) is 19.9 Å². The van der Waals surface area contributed by atoms with Gasteiger partial charge in [0.05, 0.1) is 10.4 Å². The molecule has 78 valence electrons. The zero-order chi connectivity index (χ0) is 11.2. The number of imidazole rings is 1. The molecule has 5 nitrogen and oxygen atoms in total. The maximum Gasteiger partial charge on any atom is 0.315 e. The number of fused-ring (bicyclic) bond motifs is 1. The van der Waals surface area contributed by atoms with Gasteiger partial charge in [-0.3, -0.25) is 10.1 Å². The average Bonchev–Trinajstić information content (AvgIpc) is 2.46. The SMILES string of the molecule is Cc1nc2c([N+](=O)[O-])c(Cl)c(C)cc2[nH]1. The summed E-state index contributed by atoms with van der Waals surface area (Å²) in [7, 11) is 0. The molecule has 0 unspecified atom stereocenters. The molecule has 0 fully saturated rings. The quantitative estimate of drug-likeness (QED) is 0.599. The Balaban J connectivity index is 2.94. The van der Waals surface area contributed by atoms with Gasteiger partial charge in [0.2, 0.25) is 0 Å². The van der Waals surface area contributed by atoms with Crippen molar-refractivity contribution in [2.24, 2.45) is 0 Å². The predicted molar refractivity (Wildman–Crippen MR) is 57.2 cm³/mol. The van der Waals surface area contributed by atoms with Gasteiger partial charge in [0.15, 0.2) is 5.52 Å². The Labute approximate surface area is 90.2 Å². The smallest absolute Gasteiger partial charge is 0.315 e. The summed E-state index contributed by atoms with van der Waals surface area (Å²) in [6, 6.07) is 1.75. The summed E-state index contributed by atoms with van der Waals surface area (Å²) in [4.78, 5) is 17.4. The minimum atomic E-state index is -0.502. The Bertz CT molecular complexity index is 562. The summed E-state index contributed by atoms with van der Waals surface area (Å²) in [5.41, 5.74) is 1.49. The lowest BCUT2D eigenvalue weighted by molar-refractivity contribution is -0.383. The van der Waals surface area contributed by atoms with Crippen LogP contribution in [0.4, 0.5) is 5.69 Å². The second kappa shape index (κ2) is 3.20. The largest absolute Gasteiger partial charge is 0.342 e. The lowest BCUT2D eigenvalue weighted by atomic mass is 10.2. The number of aryl methyl sites for hydroxylation is 2. The fraction of sp³-hybridized carbons (Fsp3) is 0.222. The highest BCUT2D eigenvalue weighted by molar-refractivity contribution is 6.34. The number of nitrogens with zero attached hydrogens (tertiary/aromatic N) is 2. The van der Waals surface area contributed by atoms with Crippen LogP contribution in [0.3, 0.4) is 0 Å². The highest BCUT2D eigenvalue weighted by atomic mass is 35.5. The van der Waals surface area contributed by atoms with Crippen LogP contribution in [-0.4, -0.2) is 14.9 Å². The standard InChI is InChI=1S/C9H8ClN3O2/c1-4-3-6-8(12-5(2)11-6)9(7(4)10)13(14)15/h3H,1-2H3,(H,11,12). The first-order valence-corrected chi connectivity index (χ1v) is 4.68. The van der Waals surface area contributed by atoms with Crippen molar-refractivity contribution in [3.05, 3.63) is 32.6 Å². The molecule has 0 aliphatic carbocycles. The first-order chi connectivity index (χ1) is 7.00. The van der Waals surface area contributed by atoms with Gasteiger partial charge in [-0.1, -0.05) is 11.6 Å². The molecule has 0 amide bonds. The van der Waals surface area contributed by atoms with Crippen molar-refractivity contribution in [2.75, 3.05) is 0 Å². The monoisotopic (exact) mass is 225 g/mol. The van der Waals surface area contributed by atoms with Gasteiger partial charge >= 0.3 is 5.69 Å². The van der Waals surface area contributed by atoms with Crippen LogP contribution in [0.2, 0.25) is 5.02 Å². The summed E-state index contributed by atoms with van der Waals surface area (Å²) < 4.78 is 0. The van der Waals surface area contributed by atoms with Crippen molar-refractivity contribution < 1.29 is 4.92 Å². The van der Waals surface area contributed by atoms with Crippen molar-refractivity contribution in [2.45, 2.75) is 13.8 Å². The third-order valence-electron chi connectivity index (χ3n) is 2.17. The van der Waals surface area contributed by atoms with E-state index in [1.165, 1.54) is 0 Å².